The highest BCUT2D eigenvalue weighted by Gasteiger charge is 2.77. The Kier molecular flexibility index (Phi) is 8.72. The number of amides is 3. The monoisotopic (exact) mass is 555 g/mol. The Morgan fingerprint density at radius 2 is 1.70 bits per heavy atom. The number of unbranched alkanes of at least 4 members (excludes halogenated alkanes) is 3. The number of rotatable bonds is 12. The van der Waals surface area contributed by atoms with Gasteiger partial charge in [-0.1, -0.05) is 63.9 Å². The first-order valence-electron chi connectivity index (χ1n) is 15.0. The van der Waals surface area contributed by atoms with Gasteiger partial charge in [0.1, 0.15) is 11.6 Å². The van der Waals surface area contributed by atoms with E-state index in [-0.39, 0.29) is 29.7 Å². The van der Waals surface area contributed by atoms with Gasteiger partial charge in [-0.2, -0.15) is 0 Å². The fraction of sp³-hybridized carbons (Fsp3) is 0.719. The quantitative estimate of drug-likeness (QED) is 0.339. The summed E-state index contributed by atoms with van der Waals surface area (Å²) in [5, 5.41) is 15.5. The van der Waals surface area contributed by atoms with Crippen LogP contribution in [-0.4, -0.2) is 63.7 Å². The number of nitrogens with zero attached hydrogens (tertiary/aromatic N) is 1. The number of fused-ring (bicyclic) bond motifs is 1. The lowest BCUT2D eigenvalue weighted by atomic mass is 9.66. The number of aliphatic hydroxyl groups excluding tert-OH is 1. The van der Waals surface area contributed by atoms with Gasteiger partial charge in [0.05, 0.1) is 17.4 Å². The molecule has 3 saturated heterocycles. The summed E-state index contributed by atoms with van der Waals surface area (Å²) in [6.07, 6.45) is 5.13. The second-order valence-electron chi connectivity index (χ2n) is 14.2. The molecule has 222 valence electrons. The lowest BCUT2D eigenvalue weighted by Crippen LogP contribution is -2.59. The van der Waals surface area contributed by atoms with Crippen molar-refractivity contribution in [2.24, 2.45) is 17.3 Å². The van der Waals surface area contributed by atoms with Crippen molar-refractivity contribution in [1.29, 1.82) is 0 Å². The van der Waals surface area contributed by atoms with Crippen molar-refractivity contribution in [3.8, 4) is 0 Å². The zero-order valence-electron chi connectivity index (χ0n) is 25.2. The average Bonchev–Trinajstić information content (AvgIpc) is 3.42. The van der Waals surface area contributed by atoms with E-state index in [4.69, 9.17) is 9.84 Å². The van der Waals surface area contributed by atoms with E-state index >= 15 is 0 Å². The number of carbonyl (C=O) groups excluding carboxylic acids is 3. The Labute approximate surface area is 239 Å². The third kappa shape index (κ3) is 6.08. The van der Waals surface area contributed by atoms with Crippen molar-refractivity contribution in [2.45, 2.75) is 116 Å². The van der Waals surface area contributed by atoms with E-state index in [1.54, 1.807) is 4.90 Å². The van der Waals surface area contributed by atoms with Gasteiger partial charge in [-0.05, 0) is 63.9 Å². The van der Waals surface area contributed by atoms with Crippen LogP contribution in [0.4, 0.5) is 0 Å². The van der Waals surface area contributed by atoms with Crippen LogP contribution in [0.3, 0.4) is 0 Å². The van der Waals surface area contributed by atoms with Gasteiger partial charge < -0.3 is 25.4 Å². The molecule has 1 spiro atoms. The van der Waals surface area contributed by atoms with Crippen LogP contribution in [0, 0.1) is 17.3 Å². The number of hydrogen-bond donors (Lipinski definition) is 3. The van der Waals surface area contributed by atoms with Crippen LogP contribution in [0.2, 0.25) is 0 Å². The van der Waals surface area contributed by atoms with Crippen molar-refractivity contribution < 1.29 is 24.2 Å². The van der Waals surface area contributed by atoms with E-state index in [1.807, 2.05) is 51.1 Å². The van der Waals surface area contributed by atoms with Crippen LogP contribution in [0.5, 0.6) is 0 Å². The Bertz CT molecular complexity index is 1080. The molecule has 1 aromatic rings. The smallest absolute Gasteiger partial charge is 0.246 e. The number of ether oxygens (including phenoxy) is 1. The van der Waals surface area contributed by atoms with E-state index in [2.05, 4.69) is 31.4 Å². The minimum absolute atomic E-state index is 0.00716. The van der Waals surface area contributed by atoms with Crippen LogP contribution in [0.25, 0.3) is 0 Å². The van der Waals surface area contributed by atoms with Gasteiger partial charge >= 0.3 is 0 Å². The highest BCUT2D eigenvalue weighted by atomic mass is 16.5. The van der Waals surface area contributed by atoms with Crippen molar-refractivity contribution in [3.05, 3.63) is 35.9 Å². The molecule has 3 N–H and O–H groups in total. The van der Waals surface area contributed by atoms with Crippen LogP contribution in [-0.2, 0) is 25.7 Å². The number of nitrogens with one attached hydrogen (secondary N) is 2. The van der Waals surface area contributed by atoms with Gasteiger partial charge in [0, 0.05) is 25.2 Å². The Morgan fingerprint density at radius 1 is 1.02 bits per heavy atom. The average molecular weight is 556 g/mol. The molecule has 0 aromatic heterocycles. The van der Waals surface area contributed by atoms with E-state index < -0.39 is 34.6 Å². The molecule has 2 unspecified atom stereocenters. The molecule has 40 heavy (non-hydrogen) atoms. The lowest BCUT2D eigenvalue weighted by molar-refractivity contribution is -0.147. The third-order valence-corrected chi connectivity index (χ3v) is 8.86. The summed E-state index contributed by atoms with van der Waals surface area (Å²) in [5.41, 5.74) is -1.30. The molecule has 0 radical (unpaired) electrons. The summed E-state index contributed by atoms with van der Waals surface area (Å²) in [7, 11) is 0. The standard InChI is InChI=1S/C32H49N3O5/c1-29(2,3)21-30(4,5)34-27(38)25-32-17-16-31(6,40-32)23(26(37)33-20-22-14-10-9-11-15-22)24(32)28(39)35(25)18-12-7-8-13-19-36/h9-11,14-15,23-25,36H,7-8,12-13,16-21H2,1-6H3,(H,33,37)(H,34,38)/t23-,24-,25?,31+,32?/m0/s1. The van der Waals surface area contributed by atoms with Gasteiger partial charge in [-0.25, -0.2) is 0 Å². The molecule has 8 heteroatoms. The van der Waals surface area contributed by atoms with Crippen molar-refractivity contribution in [1.82, 2.24) is 15.5 Å². The molecule has 3 heterocycles. The van der Waals surface area contributed by atoms with Crippen molar-refractivity contribution >= 4 is 17.7 Å². The van der Waals surface area contributed by atoms with Gasteiger partial charge in [-0.15, -0.1) is 0 Å². The second kappa shape index (κ2) is 11.4. The first-order valence-corrected chi connectivity index (χ1v) is 15.0. The minimum atomic E-state index is -1.02. The predicted octanol–water partition coefficient (Wildman–Crippen LogP) is 3.95. The van der Waals surface area contributed by atoms with Gasteiger partial charge in [0.2, 0.25) is 17.7 Å². The fourth-order valence-corrected chi connectivity index (χ4v) is 7.78. The summed E-state index contributed by atoms with van der Waals surface area (Å²) in [5.74, 6) is -1.90. The van der Waals surface area contributed by atoms with E-state index in [1.165, 1.54) is 0 Å². The highest BCUT2D eigenvalue weighted by molar-refractivity contribution is 5.99. The van der Waals surface area contributed by atoms with Crippen LogP contribution in [0.1, 0.15) is 92.1 Å². The van der Waals surface area contributed by atoms with Crippen molar-refractivity contribution in [2.75, 3.05) is 13.2 Å². The SMILES string of the molecule is CC(C)(C)CC(C)(C)NC(=O)C1N(CCCCCCO)C(=O)[C@@H]2[C@@H](C(=O)NCc3ccccc3)[C@@]3(C)CCC12O3. The molecule has 3 aliphatic rings. The molecule has 5 atom stereocenters. The van der Waals surface area contributed by atoms with Crippen LogP contribution < -0.4 is 10.6 Å². The largest absolute Gasteiger partial charge is 0.396 e. The first-order chi connectivity index (χ1) is 18.7. The molecule has 2 bridgehead atoms. The summed E-state index contributed by atoms with van der Waals surface area (Å²) >= 11 is 0. The number of aliphatic hydroxyl groups is 1. The number of benzene rings is 1. The zero-order chi connectivity index (χ0) is 29.3. The second-order valence-corrected chi connectivity index (χ2v) is 14.2. The van der Waals surface area contributed by atoms with E-state index in [0.717, 1.165) is 37.7 Å². The fourth-order valence-electron chi connectivity index (χ4n) is 7.78. The predicted molar refractivity (Wildman–Crippen MR) is 154 cm³/mol. The van der Waals surface area contributed by atoms with E-state index in [9.17, 15) is 14.4 Å². The molecular weight excluding hydrogens is 506 g/mol. The maximum absolute atomic E-state index is 14.2. The highest BCUT2D eigenvalue weighted by Crippen LogP contribution is 2.63. The van der Waals surface area contributed by atoms with E-state index in [0.29, 0.717) is 25.9 Å². The summed E-state index contributed by atoms with van der Waals surface area (Å²) in [4.78, 5) is 43.7. The number of likely N-dealkylation sites (tertiary alicyclic amines) is 1. The first kappa shape index (κ1) is 30.5. The normalized spacial score (nSPS) is 29.5. The molecule has 0 aliphatic carbocycles. The van der Waals surface area contributed by atoms with Gasteiger partial charge in [-0.3, -0.25) is 14.4 Å². The molecule has 4 rings (SSSR count). The zero-order valence-corrected chi connectivity index (χ0v) is 25.2. The molecular formula is C32H49N3O5. The van der Waals surface area contributed by atoms with Gasteiger partial charge in [0.25, 0.3) is 0 Å². The lowest BCUT2D eigenvalue weighted by Gasteiger charge is -2.38. The maximum atomic E-state index is 14.2. The Hall–Kier alpha value is -2.45. The summed E-state index contributed by atoms with van der Waals surface area (Å²) in [6.45, 7) is 13.4. The van der Waals surface area contributed by atoms with Crippen LogP contribution >= 0.6 is 0 Å². The summed E-state index contributed by atoms with van der Waals surface area (Å²) < 4.78 is 6.73. The summed E-state index contributed by atoms with van der Waals surface area (Å²) in [6, 6.07) is 8.93. The maximum Gasteiger partial charge on any atom is 0.246 e. The van der Waals surface area contributed by atoms with Gasteiger partial charge in [0.15, 0.2) is 0 Å². The molecule has 3 fully saturated rings. The Morgan fingerprint density at radius 3 is 2.35 bits per heavy atom. The topological polar surface area (TPSA) is 108 Å². The molecule has 1 aromatic carbocycles. The molecule has 3 amide bonds. The third-order valence-electron chi connectivity index (χ3n) is 8.86. The molecule has 3 aliphatic heterocycles. The van der Waals surface area contributed by atoms with Crippen LogP contribution in [0.15, 0.2) is 30.3 Å². The molecule has 0 saturated carbocycles. The van der Waals surface area contributed by atoms with Crippen molar-refractivity contribution in [3.63, 3.8) is 0 Å². The number of hydrogen-bond acceptors (Lipinski definition) is 5. The molecule has 8 nitrogen and oxygen atoms in total. The number of carbonyl (C=O) groups is 3. The Balaban J connectivity index is 1.61. The minimum Gasteiger partial charge on any atom is -0.396 e.